The van der Waals surface area contributed by atoms with Crippen molar-refractivity contribution >= 4 is 11.9 Å². The molecule has 1 unspecified atom stereocenters. The van der Waals surface area contributed by atoms with E-state index < -0.39 is 0 Å². The average Bonchev–Trinajstić information content (AvgIpc) is 3.61. The minimum atomic E-state index is -0.0485. The highest BCUT2D eigenvalue weighted by Gasteiger charge is 2.23. The number of nitrogens with one attached hydrogen (secondary N) is 3. The third-order valence-electron chi connectivity index (χ3n) is 5.18. The number of ether oxygens (including phenoxy) is 1. The Kier molecular flexibility index (Phi) is 8.76. The Hall–Kier alpha value is -3.02. The minimum Gasteiger partial charge on any atom is -0.484 e. The van der Waals surface area contributed by atoms with Crippen molar-refractivity contribution in [3.63, 3.8) is 0 Å². The number of nitrogens with zero attached hydrogens (tertiary/aromatic N) is 1. The van der Waals surface area contributed by atoms with Crippen LogP contribution in [0.25, 0.3) is 0 Å². The van der Waals surface area contributed by atoms with Crippen LogP contribution >= 0.6 is 0 Å². The van der Waals surface area contributed by atoms with Gasteiger partial charge in [0.25, 0.3) is 5.91 Å². The largest absolute Gasteiger partial charge is 0.484 e. The van der Waals surface area contributed by atoms with Gasteiger partial charge in [0, 0.05) is 31.6 Å². The van der Waals surface area contributed by atoms with E-state index in [0.29, 0.717) is 17.7 Å². The first-order chi connectivity index (χ1) is 15.1. The molecule has 166 valence electrons. The van der Waals surface area contributed by atoms with Crippen molar-refractivity contribution < 1.29 is 9.53 Å². The number of amides is 1. The van der Waals surface area contributed by atoms with Crippen molar-refractivity contribution in [3.8, 4) is 5.75 Å². The van der Waals surface area contributed by atoms with Crippen molar-refractivity contribution in [1.29, 1.82) is 0 Å². The van der Waals surface area contributed by atoms with E-state index in [1.807, 2.05) is 30.3 Å². The molecule has 0 heterocycles. The molecule has 1 fully saturated rings. The first-order valence-electron chi connectivity index (χ1n) is 11.2. The fourth-order valence-electron chi connectivity index (χ4n) is 3.18. The van der Waals surface area contributed by atoms with Crippen LogP contribution in [0.4, 0.5) is 0 Å². The summed E-state index contributed by atoms with van der Waals surface area (Å²) in [5.41, 5.74) is 2.50. The maximum atomic E-state index is 11.7. The lowest BCUT2D eigenvalue weighted by Crippen LogP contribution is -2.38. The van der Waals surface area contributed by atoms with Crippen molar-refractivity contribution in [2.24, 2.45) is 4.99 Å². The second-order valence-corrected chi connectivity index (χ2v) is 7.98. The zero-order chi connectivity index (χ0) is 21.9. The van der Waals surface area contributed by atoms with Crippen LogP contribution in [0, 0.1) is 0 Å². The molecule has 2 aromatic rings. The summed E-state index contributed by atoms with van der Waals surface area (Å²) in [6.45, 7) is 6.69. The van der Waals surface area contributed by atoms with Crippen LogP contribution in [0.5, 0.6) is 5.75 Å². The Bertz CT molecular complexity index is 832. The molecule has 2 aromatic carbocycles. The maximum Gasteiger partial charge on any atom is 0.258 e. The average molecular weight is 423 g/mol. The van der Waals surface area contributed by atoms with Crippen LogP contribution < -0.4 is 20.7 Å². The molecule has 0 bridgehead atoms. The van der Waals surface area contributed by atoms with E-state index in [0.717, 1.165) is 44.9 Å². The number of guanidine groups is 1. The molecule has 6 nitrogen and oxygen atoms in total. The Morgan fingerprint density at radius 2 is 1.84 bits per heavy atom. The Labute approximate surface area is 185 Å². The van der Waals surface area contributed by atoms with E-state index in [1.165, 1.54) is 11.1 Å². The van der Waals surface area contributed by atoms with Gasteiger partial charge in [-0.3, -0.25) is 9.79 Å². The molecule has 1 aliphatic rings. The van der Waals surface area contributed by atoms with Gasteiger partial charge < -0.3 is 20.7 Å². The Balaban J connectivity index is 1.40. The predicted octanol–water partition coefficient (Wildman–Crippen LogP) is 3.25. The SMILES string of the molecule is CCNC(=NCC(C)c1ccccc1)NCCc1ccc(OCC(=O)NC2CC2)cc1. The van der Waals surface area contributed by atoms with Crippen LogP contribution in [0.3, 0.4) is 0 Å². The highest BCUT2D eigenvalue weighted by Crippen LogP contribution is 2.18. The number of carbonyl (C=O) groups excluding carboxylic acids is 1. The molecule has 1 aliphatic carbocycles. The van der Waals surface area contributed by atoms with Gasteiger partial charge in [-0.1, -0.05) is 49.4 Å². The topological polar surface area (TPSA) is 74.8 Å². The molecule has 0 radical (unpaired) electrons. The molecule has 3 rings (SSSR count). The van der Waals surface area contributed by atoms with Crippen LogP contribution in [-0.4, -0.2) is 44.1 Å². The monoisotopic (exact) mass is 422 g/mol. The number of benzene rings is 2. The number of carbonyl (C=O) groups is 1. The predicted molar refractivity (Wildman–Crippen MR) is 126 cm³/mol. The van der Waals surface area contributed by atoms with Crippen molar-refractivity contribution in [3.05, 3.63) is 65.7 Å². The quantitative estimate of drug-likeness (QED) is 0.384. The summed E-state index contributed by atoms with van der Waals surface area (Å²) >= 11 is 0. The van der Waals surface area contributed by atoms with Crippen molar-refractivity contribution in [1.82, 2.24) is 16.0 Å². The lowest BCUT2D eigenvalue weighted by atomic mass is 10.0. The van der Waals surface area contributed by atoms with Crippen LogP contribution in [-0.2, 0) is 11.2 Å². The second-order valence-electron chi connectivity index (χ2n) is 7.98. The summed E-state index contributed by atoms with van der Waals surface area (Å²) in [4.78, 5) is 16.4. The maximum absolute atomic E-state index is 11.7. The number of hydrogen-bond acceptors (Lipinski definition) is 3. The molecule has 3 N–H and O–H groups in total. The molecule has 1 saturated carbocycles. The Morgan fingerprint density at radius 3 is 2.52 bits per heavy atom. The number of rotatable bonds is 11. The highest BCUT2D eigenvalue weighted by atomic mass is 16.5. The van der Waals surface area contributed by atoms with Gasteiger partial charge in [-0.15, -0.1) is 0 Å². The Morgan fingerprint density at radius 1 is 1.10 bits per heavy atom. The summed E-state index contributed by atoms with van der Waals surface area (Å²) in [5, 5.41) is 9.64. The summed E-state index contributed by atoms with van der Waals surface area (Å²) in [5.74, 6) is 1.88. The van der Waals surface area contributed by atoms with Gasteiger partial charge in [-0.25, -0.2) is 0 Å². The standard InChI is InChI=1S/C25H34N4O2/c1-3-26-25(28-17-19(2)21-7-5-4-6-8-21)27-16-15-20-9-13-23(14-10-20)31-18-24(30)29-22-11-12-22/h4-10,13-14,19,22H,3,11-12,15-18H2,1-2H3,(H,29,30)(H2,26,27,28). The van der Waals surface area contributed by atoms with Gasteiger partial charge in [0.1, 0.15) is 5.75 Å². The third-order valence-corrected chi connectivity index (χ3v) is 5.18. The fraction of sp³-hybridized carbons (Fsp3) is 0.440. The van der Waals surface area contributed by atoms with Gasteiger partial charge in [-0.05, 0) is 49.4 Å². The van der Waals surface area contributed by atoms with E-state index in [1.54, 1.807) is 0 Å². The molecule has 1 amide bonds. The molecule has 31 heavy (non-hydrogen) atoms. The molecule has 0 aliphatic heterocycles. The van der Waals surface area contributed by atoms with Gasteiger partial charge in [-0.2, -0.15) is 0 Å². The smallest absolute Gasteiger partial charge is 0.258 e. The van der Waals surface area contributed by atoms with Crippen molar-refractivity contribution in [2.45, 2.75) is 45.1 Å². The van der Waals surface area contributed by atoms with Gasteiger partial charge in [0.05, 0.1) is 0 Å². The lowest BCUT2D eigenvalue weighted by molar-refractivity contribution is -0.123. The van der Waals surface area contributed by atoms with E-state index in [-0.39, 0.29) is 12.5 Å². The molecular weight excluding hydrogens is 388 g/mol. The zero-order valence-electron chi connectivity index (χ0n) is 18.6. The molecule has 1 atom stereocenters. The summed E-state index contributed by atoms with van der Waals surface area (Å²) in [7, 11) is 0. The summed E-state index contributed by atoms with van der Waals surface area (Å²) in [6.07, 6.45) is 3.04. The highest BCUT2D eigenvalue weighted by molar-refractivity contribution is 5.79. The third kappa shape index (κ3) is 8.32. The second kappa shape index (κ2) is 12.0. The molecular formula is C25H34N4O2. The number of aliphatic imine (C=N–C) groups is 1. The number of hydrogen-bond donors (Lipinski definition) is 3. The van der Waals surface area contributed by atoms with Gasteiger partial charge >= 0.3 is 0 Å². The fourth-order valence-corrected chi connectivity index (χ4v) is 3.18. The summed E-state index contributed by atoms with van der Waals surface area (Å²) in [6, 6.07) is 18.7. The zero-order valence-corrected chi connectivity index (χ0v) is 18.6. The molecule has 0 saturated heterocycles. The van der Waals surface area contributed by atoms with Gasteiger partial charge in [0.15, 0.2) is 12.6 Å². The van der Waals surface area contributed by atoms with E-state index >= 15 is 0 Å². The first kappa shape index (κ1) is 22.7. The molecule has 0 aromatic heterocycles. The van der Waals surface area contributed by atoms with Crippen LogP contribution in [0.2, 0.25) is 0 Å². The van der Waals surface area contributed by atoms with Crippen LogP contribution in [0.15, 0.2) is 59.6 Å². The van der Waals surface area contributed by atoms with E-state index in [4.69, 9.17) is 9.73 Å². The lowest BCUT2D eigenvalue weighted by Gasteiger charge is -2.14. The summed E-state index contributed by atoms with van der Waals surface area (Å²) < 4.78 is 5.56. The van der Waals surface area contributed by atoms with Crippen molar-refractivity contribution in [2.75, 3.05) is 26.2 Å². The van der Waals surface area contributed by atoms with E-state index in [9.17, 15) is 4.79 Å². The first-order valence-corrected chi connectivity index (χ1v) is 11.2. The van der Waals surface area contributed by atoms with Gasteiger partial charge in [0.2, 0.25) is 0 Å². The normalized spacial score (nSPS) is 14.6. The molecule has 6 heteroatoms. The van der Waals surface area contributed by atoms with Crippen LogP contribution in [0.1, 0.15) is 43.7 Å². The minimum absolute atomic E-state index is 0.0485. The van der Waals surface area contributed by atoms with E-state index in [2.05, 4.69) is 54.1 Å². The molecule has 0 spiro atoms.